The number of carbonyl (C=O) groups excluding carboxylic acids is 2. The first kappa shape index (κ1) is 15.7. The van der Waals surface area contributed by atoms with Crippen molar-refractivity contribution < 1.29 is 14.3 Å². The molecule has 2 aromatic carbocycles. The summed E-state index contributed by atoms with van der Waals surface area (Å²) in [6, 6.07) is 15.1. The molecule has 0 radical (unpaired) electrons. The Bertz CT molecular complexity index is 842. The van der Waals surface area contributed by atoms with Gasteiger partial charge in [-0.25, -0.2) is 0 Å². The van der Waals surface area contributed by atoms with E-state index in [1.54, 1.807) is 24.1 Å². The smallest absolute Gasteiger partial charge is 0.242 e. The summed E-state index contributed by atoms with van der Waals surface area (Å²) in [5.74, 6) is 0.252. The summed E-state index contributed by atoms with van der Waals surface area (Å²) in [5, 5.41) is 2.88. The van der Waals surface area contributed by atoms with E-state index in [4.69, 9.17) is 4.74 Å². The third-order valence-corrected chi connectivity index (χ3v) is 5.08. The summed E-state index contributed by atoms with van der Waals surface area (Å²) in [5.41, 5.74) is 1.75. The van der Waals surface area contributed by atoms with Crippen LogP contribution in [-0.4, -0.2) is 25.5 Å². The Morgan fingerprint density at radius 2 is 1.80 bits per heavy atom. The molecular weight excluding hydrogens is 316 g/mol. The molecule has 0 saturated heterocycles. The monoisotopic (exact) mass is 336 g/mol. The first-order valence-electron chi connectivity index (χ1n) is 8.50. The highest BCUT2D eigenvalue weighted by Gasteiger charge is 2.58. The highest BCUT2D eigenvalue weighted by Crippen LogP contribution is 2.50. The summed E-state index contributed by atoms with van der Waals surface area (Å²) < 4.78 is 5.28. The van der Waals surface area contributed by atoms with Crippen LogP contribution < -0.4 is 15.0 Å². The first-order valence-corrected chi connectivity index (χ1v) is 8.50. The lowest BCUT2D eigenvalue weighted by atomic mass is 10.0. The van der Waals surface area contributed by atoms with Gasteiger partial charge in [-0.05, 0) is 43.0 Å². The largest absolute Gasteiger partial charge is 0.495 e. The van der Waals surface area contributed by atoms with Crippen molar-refractivity contribution in [3.8, 4) is 5.75 Å². The van der Waals surface area contributed by atoms with E-state index in [2.05, 4.69) is 5.32 Å². The number of ether oxygens (including phenoxy) is 1. The van der Waals surface area contributed by atoms with E-state index in [1.807, 2.05) is 36.4 Å². The molecule has 1 aliphatic carbocycles. The number of amides is 2. The van der Waals surface area contributed by atoms with Crippen molar-refractivity contribution in [2.75, 3.05) is 23.9 Å². The lowest BCUT2D eigenvalue weighted by Gasteiger charge is -2.23. The van der Waals surface area contributed by atoms with Crippen molar-refractivity contribution in [3.05, 3.63) is 54.1 Å². The summed E-state index contributed by atoms with van der Waals surface area (Å²) in [7, 11) is 1.56. The summed E-state index contributed by atoms with van der Waals surface area (Å²) in [6.45, 7) is 0.641. The van der Waals surface area contributed by atoms with Gasteiger partial charge in [-0.2, -0.15) is 0 Å². The van der Waals surface area contributed by atoms with Crippen LogP contribution in [0.2, 0.25) is 0 Å². The molecule has 2 aromatic rings. The van der Waals surface area contributed by atoms with E-state index >= 15 is 0 Å². The maximum absolute atomic E-state index is 13.1. The molecular formula is C20H20N2O3. The fraction of sp³-hybridized carbons (Fsp3) is 0.300. The number of hydrogen-bond acceptors (Lipinski definition) is 3. The van der Waals surface area contributed by atoms with Crippen LogP contribution in [0.4, 0.5) is 11.4 Å². The molecule has 0 atom stereocenters. The molecule has 5 nitrogen and oxygen atoms in total. The average Bonchev–Trinajstić information content (AvgIpc) is 3.35. The Kier molecular flexibility index (Phi) is 3.71. The van der Waals surface area contributed by atoms with Gasteiger partial charge in [-0.1, -0.05) is 30.3 Å². The van der Waals surface area contributed by atoms with Crippen LogP contribution in [0.3, 0.4) is 0 Å². The van der Waals surface area contributed by atoms with Crippen LogP contribution in [0.1, 0.15) is 18.4 Å². The Morgan fingerprint density at radius 1 is 1.08 bits per heavy atom. The Balaban J connectivity index is 1.56. The molecule has 2 amide bonds. The SMILES string of the molecule is COc1ccccc1NC(=O)C1(C(=O)N2CCc3ccccc32)CC1. The van der Waals surface area contributed by atoms with Crippen molar-refractivity contribution in [1.29, 1.82) is 0 Å². The third-order valence-electron chi connectivity index (χ3n) is 5.08. The molecule has 1 N–H and O–H groups in total. The molecule has 25 heavy (non-hydrogen) atoms. The summed E-state index contributed by atoms with van der Waals surface area (Å²) >= 11 is 0. The van der Waals surface area contributed by atoms with Crippen LogP contribution in [0.5, 0.6) is 5.75 Å². The van der Waals surface area contributed by atoms with Gasteiger partial charge in [0, 0.05) is 12.2 Å². The van der Waals surface area contributed by atoms with Gasteiger partial charge in [-0.3, -0.25) is 9.59 Å². The molecule has 128 valence electrons. The zero-order valence-corrected chi connectivity index (χ0v) is 14.1. The maximum Gasteiger partial charge on any atom is 0.242 e. The minimum absolute atomic E-state index is 0.0927. The zero-order chi connectivity index (χ0) is 17.4. The summed E-state index contributed by atoms with van der Waals surface area (Å²) in [4.78, 5) is 27.7. The van der Waals surface area contributed by atoms with Crippen molar-refractivity contribution in [2.24, 2.45) is 5.41 Å². The number of rotatable bonds is 4. The molecule has 1 aliphatic heterocycles. The second kappa shape index (κ2) is 5.92. The van der Waals surface area contributed by atoms with Gasteiger partial charge in [-0.15, -0.1) is 0 Å². The normalized spacial score (nSPS) is 16.9. The molecule has 0 aromatic heterocycles. The predicted molar refractivity (Wildman–Crippen MR) is 95.8 cm³/mol. The molecule has 5 heteroatoms. The Hall–Kier alpha value is -2.82. The van der Waals surface area contributed by atoms with Gasteiger partial charge in [0.15, 0.2) is 0 Å². The van der Waals surface area contributed by atoms with Gasteiger partial charge in [0.25, 0.3) is 0 Å². The van der Waals surface area contributed by atoms with E-state index in [-0.39, 0.29) is 11.8 Å². The fourth-order valence-corrected chi connectivity index (χ4v) is 3.46. The lowest BCUT2D eigenvalue weighted by Crippen LogP contribution is -2.42. The number of nitrogens with one attached hydrogen (secondary N) is 1. The van der Waals surface area contributed by atoms with Crippen LogP contribution in [0.15, 0.2) is 48.5 Å². The van der Waals surface area contributed by atoms with Gasteiger partial charge < -0.3 is 15.0 Å². The van der Waals surface area contributed by atoms with E-state index in [1.165, 1.54) is 0 Å². The number of hydrogen-bond donors (Lipinski definition) is 1. The van der Waals surface area contributed by atoms with Gasteiger partial charge in [0.1, 0.15) is 11.2 Å². The zero-order valence-electron chi connectivity index (χ0n) is 14.1. The minimum atomic E-state index is -0.946. The third kappa shape index (κ3) is 2.56. The lowest BCUT2D eigenvalue weighted by molar-refractivity contribution is -0.132. The number of benzene rings is 2. The fourth-order valence-electron chi connectivity index (χ4n) is 3.46. The van der Waals surface area contributed by atoms with Crippen LogP contribution in [0, 0.1) is 5.41 Å². The number of anilines is 2. The molecule has 0 unspecified atom stereocenters. The molecule has 2 aliphatic rings. The number of para-hydroxylation sites is 3. The van der Waals surface area contributed by atoms with E-state index < -0.39 is 5.41 Å². The van der Waals surface area contributed by atoms with Crippen LogP contribution in [0.25, 0.3) is 0 Å². The van der Waals surface area contributed by atoms with Crippen molar-refractivity contribution >= 4 is 23.2 Å². The maximum atomic E-state index is 13.1. The van der Waals surface area contributed by atoms with Crippen molar-refractivity contribution in [1.82, 2.24) is 0 Å². The number of carbonyl (C=O) groups is 2. The number of fused-ring (bicyclic) bond motifs is 1. The Morgan fingerprint density at radius 3 is 2.56 bits per heavy atom. The predicted octanol–water partition coefficient (Wildman–Crippen LogP) is 3.00. The molecule has 0 bridgehead atoms. The minimum Gasteiger partial charge on any atom is -0.495 e. The second-order valence-electron chi connectivity index (χ2n) is 6.57. The average molecular weight is 336 g/mol. The number of methoxy groups -OCH3 is 1. The first-order chi connectivity index (χ1) is 12.2. The summed E-state index contributed by atoms with van der Waals surface area (Å²) in [6.07, 6.45) is 2.02. The molecule has 4 rings (SSSR count). The number of nitrogens with zero attached hydrogens (tertiary/aromatic N) is 1. The molecule has 1 saturated carbocycles. The van der Waals surface area contributed by atoms with Crippen molar-refractivity contribution in [3.63, 3.8) is 0 Å². The van der Waals surface area contributed by atoms with Crippen molar-refractivity contribution in [2.45, 2.75) is 19.3 Å². The molecule has 1 heterocycles. The van der Waals surface area contributed by atoms with Crippen LogP contribution >= 0.6 is 0 Å². The Labute approximate surface area is 146 Å². The highest BCUT2D eigenvalue weighted by molar-refractivity contribution is 6.18. The molecule has 0 spiro atoms. The topological polar surface area (TPSA) is 58.6 Å². The quantitative estimate of drug-likeness (QED) is 0.873. The van der Waals surface area contributed by atoms with E-state index in [9.17, 15) is 9.59 Å². The standard InChI is InChI=1S/C20H20N2O3/c1-25-17-9-5-3-7-15(17)21-18(23)20(11-12-20)19(24)22-13-10-14-6-2-4-8-16(14)22/h2-9H,10-13H2,1H3,(H,21,23). The van der Waals surface area contributed by atoms with Gasteiger partial charge in [0.2, 0.25) is 11.8 Å². The van der Waals surface area contributed by atoms with E-state index in [0.29, 0.717) is 30.8 Å². The van der Waals surface area contributed by atoms with Gasteiger partial charge >= 0.3 is 0 Å². The van der Waals surface area contributed by atoms with Gasteiger partial charge in [0.05, 0.1) is 12.8 Å². The van der Waals surface area contributed by atoms with E-state index in [0.717, 1.165) is 17.7 Å². The highest BCUT2D eigenvalue weighted by atomic mass is 16.5. The van der Waals surface area contributed by atoms with Crippen LogP contribution in [-0.2, 0) is 16.0 Å². The molecule has 1 fully saturated rings. The second-order valence-corrected chi connectivity index (χ2v) is 6.57.